The van der Waals surface area contributed by atoms with E-state index in [4.69, 9.17) is 15.2 Å². The average molecular weight is 357 g/mol. The molecule has 5 heteroatoms. The Kier molecular flexibility index (Phi) is 4.41. The van der Waals surface area contributed by atoms with Gasteiger partial charge in [-0.3, -0.25) is 4.79 Å². The smallest absolute Gasteiger partial charge is 0.347 e. The molecule has 4 saturated carbocycles. The first-order chi connectivity index (χ1) is 12.4. The van der Waals surface area contributed by atoms with Crippen LogP contribution in [0.5, 0.6) is 5.75 Å². The largest absolute Gasteiger partial charge is 0.479 e. The maximum Gasteiger partial charge on any atom is 0.347 e. The lowest BCUT2D eigenvalue weighted by molar-refractivity contribution is -0.154. The van der Waals surface area contributed by atoms with E-state index in [0.717, 1.165) is 17.8 Å². The van der Waals surface area contributed by atoms with E-state index in [1.165, 1.54) is 44.1 Å². The van der Waals surface area contributed by atoms with E-state index in [2.05, 4.69) is 12.1 Å². The van der Waals surface area contributed by atoms with E-state index < -0.39 is 24.6 Å². The molecule has 1 aromatic carbocycles. The number of hydrogen-bond acceptors (Lipinski definition) is 4. The van der Waals surface area contributed by atoms with Crippen molar-refractivity contribution in [2.75, 3.05) is 6.61 Å². The van der Waals surface area contributed by atoms with Crippen molar-refractivity contribution in [2.24, 2.45) is 23.5 Å². The van der Waals surface area contributed by atoms with Crippen molar-refractivity contribution in [3.05, 3.63) is 29.8 Å². The predicted molar refractivity (Wildman–Crippen MR) is 96.5 cm³/mol. The fourth-order valence-corrected chi connectivity index (χ4v) is 5.86. The SMILES string of the molecule is CC(Oc1ccc(C23CC4CC(CC(C4)C2)C3)cc1)C(=O)OCC(N)=O. The third kappa shape index (κ3) is 3.31. The normalized spacial score (nSPS) is 32.9. The quantitative estimate of drug-likeness (QED) is 0.794. The number of rotatable bonds is 6. The standard InChI is InChI=1S/C21H27NO4/c1-13(20(24)25-12-19(22)23)26-18-4-2-17(3-5-18)21-9-14-6-15(10-21)8-16(7-14)11-21/h2-5,13-16H,6-12H2,1H3,(H2,22,23). The molecule has 140 valence electrons. The molecule has 4 bridgehead atoms. The van der Waals surface area contributed by atoms with Gasteiger partial charge >= 0.3 is 5.97 Å². The molecule has 1 atom stereocenters. The molecule has 0 aromatic heterocycles. The van der Waals surface area contributed by atoms with Gasteiger partial charge in [-0.05, 0) is 86.3 Å². The van der Waals surface area contributed by atoms with Crippen LogP contribution in [-0.4, -0.2) is 24.6 Å². The molecule has 0 saturated heterocycles. The Balaban J connectivity index is 1.41. The number of hydrogen-bond donors (Lipinski definition) is 1. The summed E-state index contributed by atoms with van der Waals surface area (Å²) in [5, 5.41) is 0. The molecule has 4 aliphatic rings. The van der Waals surface area contributed by atoms with Crippen LogP contribution >= 0.6 is 0 Å². The van der Waals surface area contributed by atoms with E-state index >= 15 is 0 Å². The van der Waals surface area contributed by atoms with Crippen LogP contribution in [0.25, 0.3) is 0 Å². The minimum Gasteiger partial charge on any atom is -0.479 e. The Morgan fingerprint density at radius 3 is 2.12 bits per heavy atom. The van der Waals surface area contributed by atoms with Gasteiger partial charge in [0, 0.05) is 0 Å². The molecule has 5 rings (SSSR count). The molecule has 0 heterocycles. The van der Waals surface area contributed by atoms with Crippen molar-refractivity contribution in [1.29, 1.82) is 0 Å². The van der Waals surface area contributed by atoms with Crippen molar-refractivity contribution < 1.29 is 19.1 Å². The Labute approximate surface area is 154 Å². The number of nitrogens with two attached hydrogens (primary N) is 1. The predicted octanol–water partition coefficient (Wildman–Crippen LogP) is 2.95. The second-order valence-electron chi connectivity index (χ2n) is 8.56. The van der Waals surface area contributed by atoms with Crippen molar-refractivity contribution in [3.8, 4) is 5.75 Å². The first kappa shape index (κ1) is 17.4. The number of benzene rings is 1. The van der Waals surface area contributed by atoms with Crippen molar-refractivity contribution in [2.45, 2.75) is 57.0 Å². The summed E-state index contributed by atoms with van der Waals surface area (Å²) < 4.78 is 10.4. The molecule has 4 fully saturated rings. The average Bonchev–Trinajstić information content (AvgIpc) is 2.59. The van der Waals surface area contributed by atoms with Gasteiger partial charge in [-0.2, -0.15) is 0 Å². The van der Waals surface area contributed by atoms with Gasteiger partial charge in [-0.25, -0.2) is 4.79 Å². The molecule has 5 nitrogen and oxygen atoms in total. The Morgan fingerprint density at radius 2 is 1.62 bits per heavy atom. The molecule has 2 N–H and O–H groups in total. The van der Waals surface area contributed by atoms with E-state index in [-0.39, 0.29) is 0 Å². The lowest BCUT2D eigenvalue weighted by Crippen LogP contribution is -2.48. The number of amides is 1. The third-order valence-electron chi connectivity index (χ3n) is 6.51. The van der Waals surface area contributed by atoms with Crippen LogP contribution in [0.3, 0.4) is 0 Å². The van der Waals surface area contributed by atoms with Crippen LogP contribution in [0, 0.1) is 17.8 Å². The van der Waals surface area contributed by atoms with Crippen LogP contribution in [0.4, 0.5) is 0 Å². The summed E-state index contributed by atoms with van der Waals surface area (Å²) in [6, 6.07) is 8.24. The molecule has 1 aromatic rings. The van der Waals surface area contributed by atoms with Gasteiger partial charge in [0.25, 0.3) is 5.91 Å². The maximum atomic E-state index is 11.8. The molecule has 1 amide bonds. The fraction of sp³-hybridized carbons (Fsp3) is 0.619. The minimum atomic E-state index is -0.778. The molecular formula is C21H27NO4. The molecule has 26 heavy (non-hydrogen) atoms. The van der Waals surface area contributed by atoms with Crippen LogP contribution in [-0.2, 0) is 19.7 Å². The van der Waals surface area contributed by atoms with Crippen LogP contribution in [0.2, 0.25) is 0 Å². The molecule has 1 unspecified atom stereocenters. The van der Waals surface area contributed by atoms with E-state index in [1.54, 1.807) is 6.92 Å². The van der Waals surface area contributed by atoms with Gasteiger partial charge in [-0.15, -0.1) is 0 Å². The molecule has 4 aliphatic carbocycles. The fourth-order valence-electron chi connectivity index (χ4n) is 5.86. The summed E-state index contributed by atoms with van der Waals surface area (Å²) in [6.45, 7) is 1.19. The highest BCUT2D eigenvalue weighted by molar-refractivity contribution is 5.80. The van der Waals surface area contributed by atoms with Gasteiger partial charge < -0.3 is 15.2 Å². The first-order valence-electron chi connectivity index (χ1n) is 9.66. The zero-order valence-electron chi connectivity index (χ0n) is 15.3. The molecular weight excluding hydrogens is 330 g/mol. The molecule has 0 radical (unpaired) electrons. The first-order valence-corrected chi connectivity index (χ1v) is 9.66. The maximum absolute atomic E-state index is 11.8. The summed E-state index contributed by atoms with van der Waals surface area (Å²) >= 11 is 0. The monoisotopic (exact) mass is 357 g/mol. The summed E-state index contributed by atoms with van der Waals surface area (Å²) in [5.74, 6) is 2.12. The Morgan fingerprint density at radius 1 is 1.08 bits per heavy atom. The van der Waals surface area contributed by atoms with Crippen molar-refractivity contribution >= 4 is 11.9 Å². The van der Waals surface area contributed by atoms with Gasteiger partial charge in [0.15, 0.2) is 12.7 Å². The highest BCUT2D eigenvalue weighted by Gasteiger charge is 2.51. The number of primary amides is 1. The summed E-state index contributed by atoms with van der Waals surface area (Å²) in [4.78, 5) is 22.5. The van der Waals surface area contributed by atoms with Crippen molar-refractivity contribution in [3.63, 3.8) is 0 Å². The zero-order valence-corrected chi connectivity index (χ0v) is 15.3. The van der Waals surface area contributed by atoms with E-state index in [0.29, 0.717) is 11.2 Å². The Hall–Kier alpha value is -2.04. The van der Waals surface area contributed by atoms with Gasteiger partial charge in [0.05, 0.1) is 0 Å². The number of carbonyl (C=O) groups is 2. The van der Waals surface area contributed by atoms with Gasteiger partial charge in [0.2, 0.25) is 0 Å². The molecule has 0 spiro atoms. The summed E-state index contributed by atoms with van der Waals surface area (Å²) in [6.07, 6.45) is 7.51. The summed E-state index contributed by atoms with van der Waals surface area (Å²) in [7, 11) is 0. The Bertz CT molecular complexity index is 661. The van der Waals surface area contributed by atoms with Crippen LogP contribution in [0.1, 0.15) is 51.0 Å². The minimum absolute atomic E-state index is 0.360. The lowest BCUT2D eigenvalue weighted by atomic mass is 9.48. The lowest BCUT2D eigenvalue weighted by Gasteiger charge is -2.57. The number of esters is 1. The zero-order chi connectivity index (χ0) is 18.3. The van der Waals surface area contributed by atoms with E-state index in [9.17, 15) is 9.59 Å². The number of ether oxygens (including phenoxy) is 2. The second kappa shape index (κ2) is 6.60. The summed E-state index contributed by atoms with van der Waals surface area (Å²) in [5.41, 5.74) is 6.76. The second-order valence-corrected chi connectivity index (χ2v) is 8.56. The highest BCUT2D eigenvalue weighted by Crippen LogP contribution is 2.60. The van der Waals surface area contributed by atoms with E-state index in [1.807, 2.05) is 12.1 Å². The van der Waals surface area contributed by atoms with Crippen LogP contribution < -0.4 is 10.5 Å². The van der Waals surface area contributed by atoms with Gasteiger partial charge in [0.1, 0.15) is 5.75 Å². The van der Waals surface area contributed by atoms with Gasteiger partial charge in [-0.1, -0.05) is 12.1 Å². The third-order valence-corrected chi connectivity index (χ3v) is 6.51. The van der Waals surface area contributed by atoms with Crippen LogP contribution in [0.15, 0.2) is 24.3 Å². The number of carbonyl (C=O) groups excluding carboxylic acids is 2. The van der Waals surface area contributed by atoms with Crippen molar-refractivity contribution in [1.82, 2.24) is 0 Å². The highest BCUT2D eigenvalue weighted by atomic mass is 16.6. The topological polar surface area (TPSA) is 78.6 Å². The molecule has 0 aliphatic heterocycles.